The molecule has 1 atom stereocenters. The highest BCUT2D eigenvalue weighted by atomic mass is 79.9. The van der Waals surface area contributed by atoms with E-state index in [4.69, 9.17) is 0 Å². The van der Waals surface area contributed by atoms with Crippen molar-refractivity contribution in [3.8, 4) is 5.75 Å². The van der Waals surface area contributed by atoms with E-state index in [0.717, 1.165) is 10.0 Å². The zero-order valence-corrected chi connectivity index (χ0v) is 9.80. The quantitative estimate of drug-likeness (QED) is 0.775. The molecule has 78 valence electrons. The van der Waals surface area contributed by atoms with Crippen LogP contribution in [0.15, 0.2) is 16.6 Å². The lowest BCUT2D eigenvalue weighted by Gasteiger charge is -2.15. The average molecular weight is 260 g/mol. The topological polar surface area (TPSA) is 52.5 Å². The molecule has 0 aromatic heterocycles. The minimum atomic E-state index is -0.683. The van der Waals surface area contributed by atoms with E-state index in [1.807, 2.05) is 6.92 Å². The summed E-state index contributed by atoms with van der Waals surface area (Å²) < 4.78 is 0.889. The molecule has 0 saturated carbocycles. The van der Waals surface area contributed by atoms with E-state index in [-0.39, 0.29) is 5.75 Å². The number of aliphatic hydroxyl groups excluding tert-OH is 1. The van der Waals surface area contributed by atoms with Crippen LogP contribution < -0.4 is 5.32 Å². The van der Waals surface area contributed by atoms with Gasteiger partial charge in [0.25, 0.3) is 0 Å². The predicted molar refractivity (Wildman–Crippen MR) is 59.4 cm³/mol. The highest BCUT2D eigenvalue weighted by molar-refractivity contribution is 9.10. The minimum Gasteiger partial charge on any atom is -0.508 e. The number of nitrogens with one attached hydrogen (secondary N) is 1. The van der Waals surface area contributed by atoms with Crippen molar-refractivity contribution >= 4 is 15.9 Å². The van der Waals surface area contributed by atoms with Crippen LogP contribution in [0.1, 0.15) is 17.2 Å². The lowest BCUT2D eigenvalue weighted by molar-refractivity contribution is 0.173. The number of likely N-dealkylation sites (N-methyl/N-ethyl adjacent to an activating group) is 1. The van der Waals surface area contributed by atoms with Crippen molar-refractivity contribution in [3.63, 3.8) is 0 Å². The van der Waals surface area contributed by atoms with Crippen LogP contribution in [0, 0.1) is 6.92 Å². The average Bonchev–Trinajstić information content (AvgIpc) is 2.13. The molecule has 0 fully saturated rings. The SMILES string of the molecule is CNCC(O)c1c(O)ccc(Br)c1C. The maximum absolute atomic E-state index is 9.76. The van der Waals surface area contributed by atoms with Crippen LogP contribution in [0.2, 0.25) is 0 Å². The first-order chi connectivity index (χ1) is 6.57. The van der Waals surface area contributed by atoms with Gasteiger partial charge in [-0.3, -0.25) is 0 Å². The van der Waals surface area contributed by atoms with Crippen molar-refractivity contribution in [2.75, 3.05) is 13.6 Å². The highest BCUT2D eigenvalue weighted by Gasteiger charge is 2.15. The summed E-state index contributed by atoms with van der Waals surface area (Å²) in [5.41, 5.74) is 1.45. The van der Waals surface area contributed by atoms with E-state index in [1.54, 1.807) is 19.2 Å². The molecule has 3 N–H and O–H groups in total. The molecule has 0 heterocycles. The van der Waals surface area contributed by atoms with Crippen LogP contribution in [0.5, 0.6) is 5.75 Å². The van der Waals surface area contributed by atoms with Gasteiger partial charge in [-0.2, -0.15) is 0 Å². The fourth-order valence-electron chi connectivity index (χ4n) is 1.40. The van der Waals surface area contributed by atoms with E-state index in [9.17, 15) is 10.2 Å². The number of hydrogen-bond donors (Lipinski definition) is 3. The number of phenols is 1. The Morgan fingerprint density at radius 2 is 2.14 bits per heavy atom. The van der Waals surface area contributed by atoms with E-state index < -0.39 is 6.10 Å². The van der Waals surface area contributed by atoms with Crippen LogP contribution >= 0.6 is 15.9 Å². The molecule has 0 spiro atoms. The molecule has 0 bridgehead atoms. The van der Waals surface area contributed by atoms with E-state index in [1.165, 1.54) is 0 Å². The van der Waals surface area contributed by atoms with Gasteiger partial charge in [-0.15, -0.1) is 0 Å². The number of benzene rings is 1. The Hall–Kier alpha value is -0.580. The third-order valence-corrected chi connectivity index (χ3v) is 3.02. The van der Waals surface area contributed by atoms with Gasteiger partial charge in [0.2, 0.25) is 0 Å². The van der Waals surface area contributed by atoms with E-state index in [2.05, 4.69) is 21.2 Å². The normalized spacial score (nSPS) is 12.9. The minimum absolute atomic E-state index is 0.133. The molecule has 1 unspecified atom stereocenters. The Balaban J connectivity index is 3.11. The van der Waals surface area contributed by atoms with Crippen LogP contribution in [0.4, 0.5) is 0 Å². The van der Waals surface area contributed by atoms with Gasteiger partial charge in [-0.25, -0.2) is 0 Å². The molecule has 0 aliphatic heterocycles. The van der Waals surface area contributed by atoms with Crippen LogP contribution in [0.25, 0.3) is 0 Å². The first-order valence-electron chi connectivity index (χ1n) is 4.38. The summed E-state index contributed by atoms with van der Waals surface area (Å²) in [6, 6.07) is 3.34. The summed E-state index contributed by atoms with van der Waals surface area (Å²) in [7, 11) is 1.76. The third kappa shape index (κ3) is 2.26. The van der Waals surface area contributed by atoms with Gasteiger partial charge in [0.05, 0.1) is 6.10 Å². The Morgan fingerprint density at radius 3 is 2.71 bits per heavy atom. The highest BCUT2D eigenvalue weighted by Crippen LogP contribution is 2.31. The number of phenolic OH excluding ortho intramolecular Hbond substituents is 1. The number of aliphatic hydroxyl groups is 1. The first kappa shape index (κ1) is 11.5. The molecule has 0 amide bonds. The van der Waals surface area contributed by atoms with Crippen LogP contribution in [0.3, 0.4) is 0 Å². The molecule has 1 aromatic rings. The van der Waals surface area contributed by atoms with Gasteiger partial charge in [-0.05, 0) is 31.7 Å². The lowest BCUT2D eigenvalue weighted by atomic mass is 10.0. The Kier molecular flexibility index (Phi) is 3.92. The maximum Gasteiger partial charge on any atom is 0.121 e. The zero-order chi connectivity index (χ0) is 10.7. The van der Waals surface area contributed by atoms with E-state index in [0.29, 0.717) is 12.1 Å². The molecule has 4 heteroatoms. The molecular weight excluding hydrogens is 246 g/mol. The van der Waals surface area contributed by atoms with Gasteiger partial charge in [0.15, 0.2) is 0 Å². The second kappa shape index (κ2) is 4.77. The summed E-state index contributed by atoms with van der Waals surface area (Å²) in [5.74, 6) is 0.133. The molecule has 0 radical (unpaired) electrons. The molecule has 14 heavy (non-hydrogen) atoms. The van der Waals surface area contributed by atoms with Crippen molar-refractivity contribution in [1.29, 1.82) is 0 Å². The molecule has 3 nitrogen and oxygen atoms in total. The summed E-state index contributed by atoms with van der Waals surface area (Å²) in [6.07, 6.45) is -0.683. The first-order valence-corrected chi connectivity index (χ1v) is 5.17. The summed E-state index contributed by atoms with van der Waals surface area (Å²) >= 11 is 3.36. The smallest absolute Gasteiger partial charge is 0.121 e. The van der Waals surface area contributed by atoms with Crippen molar-refractivity contribution in [2.24, 2.45) is 0 Å². The summed E-state index contributed by atoms with van der Waals surface area (Å²) in [5, 5.41) is 22.2. The fourth-order valence-corrected chi connectivity index (χ4v) is 1.75. The molecule has 1 rings (SSSR count). The Labute approximate surface area is 91.9 Å². The standard InChI is InChI=1S/C10H14BrNO2/c1-6-7(11)3-4-8(13)10(6)9(14)5-12-2/h3-4,9,12-14H,5H2,1-2H3. The van der Waals surface area contributed by atoms with Crippen molar-refractivity contribution < 1.29 is 10.2 Å². The Bertz CT molecular complexity index is 328. The number of hydrogen-bond acceptors (Lipinski definition) is 3. The maximum atomic E-state index is 9.76. The number of aromatic hydroxyl groups is 1. The second-order valence-electron chi connectivity index (χ2n) is 3.18. The second-order valence-corrected chi connectivity index (χ2v) is 4.03. The summed E-state index contributed by atoms with van der Waals surface area (Å²) in [4.78, 5) is 0. The van der Waals surface area contributed by atoms with Crippen LogP contribution in [-0.4, -0.2) is 23.8 Å². The van der Waals surface area contributed by atoms with Gasteiger partial charge >= 0.3 is 0 Å². The predicted octanol–water partition coefficient (Wildman–Crippen LogP) is 1.72. The van der Waals surface area contributed by atoms with Gasteiger partial charge in [0, 0.05) is 16.6 Å². The van der Waals surface area contributed by atoms with Crippen molar-refractivity contribution in [1.82, 2.24) is 5.32 Å². The van der Waals surface area contributed by atoms with Gasteiger partial charge in [0.1, 0.15) is 5.75 Å². The molecule has 1 aromatic carbocycles. The molecule has 0 aliphatic rings. The fraction of sp³-hybridized carbons (Fsp3) is 0.400. The Morgan fingerprint density at radius 1 is 1.50 bits per heavy atom. The van der Waals surface area contributed by atoms with E-state index >= 15 is 0 Å². The molecular formula is C10H14BrNO2. The van der Waals surface area contributed by atoms with Crippen LogP contribution in [-0.2, 0) is 0 Å². The third-order valence-electron chi connectivity index (χ3n) is 2.16. The summed E-state index contributed by atoms with van der Waals surface area (Å²) in [6.45, 7) is 2.28. The number of halogens is 1. The largest absolute Gasteiger partial charge is 0.508 e. The molecule has 0 saturated heterocycles. The van der Waals surface area contributed by atoms with Gasteiger partial charge in [-0.1, -0.05) is 15.9 Å². The monoisotopic (exact) mass is 259 g/mol. The lowest BCUT2D eigenvalue weighted by Crippen LogP contribution is -2.17. The van der Waals surface area contributed by atoms with Crippen molar-refractivity contribution in [3.05, 3.63) is 27.7 Å². The molecule has 0 aliphatic carbocycles. The van der Waals surface area contributed by atoms with Crippen molar-refractivity contribution in [2.45, 2.75) is 13.0 Å². The zero-order valence-electron chi connectivity index (χ0n) is 8.21. The van der Waals surface area contributed by atoms with Gasteiger partial charge < -0.3 is 15.5 Å². The number of rotatable bonds is 3.